The fourth-order valence-corrected chi connectivity index (χ4v) is 3.63. The minimum Gasteiger partial charge on any atom is -0.493 e. The molecular weight excluding hydrogens is 336 g/mol. The van der Waals surface area contributed by atoms with E-state index in [4.69, 9.17) is 9.47 Å². The summed E-state index contributed by atoms with van der Waals surface area (Å²) >= 11 is 0. The van der Waals surface area contributed by atoms with E-state index in [1.54, 1.807) is 18.2 Å². The molecule has 0 bridgehead atoms. The molecule has 1 aromatic carbocycles. The molecule has 2 aliphatic rings. The number of benzene rings is 1. The van der Waals surface area contributed by atoms with Crippen molar-refractivity contribution in [1.29, 1.82) is 0 Å². The van der Waals surface area contributed by atoms with Crippen LogP contribution < -0.4 is 9.47 Å². The topological polar surface area (TPSA) is 68.3 Å². The fraction of sp³-hybridized carbons (Fsp3) is 0.579. The number of nitrogens with zero attached hydrogens (tertiary/aromatic N) is 2. The van der Waals surface area contributed by atoms with E-state index in [2.05, 4.69) is 9.64 Å². The molecule has 0 N–H and O–H groups in total. The zero-order valence-electron chi connectivity index (χ0n) is 15.4. The van der Waals surface area contributed by atoms with E-state index >= 15 is 0 Å². The quantitative estimate of drug-likeness (QED) is 0.716. The Labute approximate surface area is 153 Å². The summed E-state index contributed by atoms with van der Waals surface area (Å²) in [6, 6.07) is 5.51. The normalized spacial score (nSPS) is 20.2. The number of likely N-dealkylation sites (tertiary alicyclic amines) is 2. The van der Waals surface area contributed by atoms with Gasteiger partial charge in [-0.05, 0) is 50.6 Å². The van der Waals surface area contributed by atoms with E-state index < -0.39 is 5.97 Å². The van der Waals surface area contributed by atoms with E-state index in [0.717, 1.165) is 32.6 Å². The van der Waals surface area contributed by atoms with Crippen LogP contribution >= 0.6 is 0 Å². The van der Waals surface area contributed by atoms with Gasteiger partial charge in [-0.25, -0.2) is 4.79 Å². The van der Waals surface area contributed by atoms with Gasteiger partial charge < -0.3 is 19.1 Å². The Morgan fingerprint density at radius 2 is 1.88 bits per heavy atom. The van der Waals surface area contributed by atoms with Crippen LogP contribution in [0.5, 0.6) is 11.5 Å². The van der Waals surface area contributed by atoms with Gasteiger partial charge in [0.15, 0.2) is 18.1 Å². The number of amides is 1. The second kappa shape index (κ2) is 8.40. The lowest BCUT2D eigenvalue weighted by atomic mass is 10.1. The monoisotopic (exact) mass is 362 g/mol. The molecule has 142 valence electrons. The number of carbonyl (C=O) groups excluding carboxylic acids is 2. The summed E-state index contributed by atoms with van der Waals surface area (Å²) in [7, 11) is 2.81. The third-order valence-corrected chi connectivity index (χ3v) is 5.09. The lowest BCUT2D eigenvalue weighted by Gasteiger charge is -2.23. The van der Waals surface area contributed by atoms with Gasteiger partial charge in [0.2, 0.25) is 0 Å². The number of carbonyl (C=O) groups is 2. The summed E-state index contributed by atoms with van der Waals surface area (Å²) in [6.45, 7) is 3.65. The first-order valence-electron chi connectivity index (χ1n) is 9.03. The van der Waals surface area contributed by atoms with E-state index in [0.29, 0.717) is 23.1 Å². The molecule has 0 saturated carbocycles. The molecule has 2 heterocycles. The van der Waals surface area contributed by atoms with Crippen molar-refractivity contribution in [2.24, 2.45) is 0 Å². The number of hydrogen-bond donors (Lipinski definition) is 0. The van der Waals surface area contributed by atoms with Crippen molar-refractivity contribution >= 4 is 11.9 Å². The molecule has 0 aliphatic carbocycles. The van der Waals surface area contributed by atoms with Gasteiger partial charge in [-0.3, -0.25) is 9.69 Å². The Bertz CT molecular complexity index is 657. The molecule has 1 amide bonds. The molecule has 2 aliphatic heterocycles. The summed E-state index contributed by atoms with van der Waals surface area (Å²) < 4.78 is 15.3. The molecule has 0 aromatic heterocycles. The largest absolute Gasteiger partial charge is 0.493 e. The van der Waals surface area contributed by atoms with Crippen LogP contribution in [-0.4, -0.2) is 74.7 Å². The molecule has 1 aromatic rings. The van der Waals surface area contributed by atoms with Gasteiger partial charge in [0.1, 0.15) is 0 Å². The smallest absolute Gasteiger partial charge is 0.343 e. The summed E-state index contributed by atoms with van der Waals surface area (Å²) in [6.07, 6.45) is 3.55. The fourth-order valence-electron chi connectivity index (χ4n) is 3.63. The predicted octanol–water partition coefficient (Wildman–Crippen LogP) is 1.56. The first kappa shape index (κ1) is 18.5. The second-order valence-corrected chi connectivity index (χ2v) is 6.67. The summed E-state index contributed by atoms with van der Waals surface area (Å²) in [5, 5.41) is 0. The van der Waals surface area contributed by atoms with Crippen molar-refractivity contribution in [2.75, 3.05) is 47.0 Å². The van der Waals surface area contributed by atoms with Gasteiger partial charge in [-0.15, -0.1) is 0 Å². The third-order valence-electron chi connectivity index (χ3n) is 5.09. The Hall–Kier alpha value is -2.28. The molecular formula is C19H26N2O5. The number of esters is 1. The average molecular weight is 362 g/mol. The van der Waals surface area contributed by atoms with Gasteiger partial charge in [0.25, 0.3) is 5.91 Å². The van der Waals surface area contributed by atoms with E-state index in [1.807, 2.05) is 4.90 Å². The van der Waals surface area contributed by atoms with Crippen molar-refractivity contribution in [2.45, 2.75) is 25.3 Å². The highest BCUT2D eigenvalue weighted by atomic mass is 16.6. The highest BCUT2D eigenvalue weighted by Gasteiger charge is 2.32. The Morgan fingerprint density at radius 1 is 1.12 bits per heavy atom. The SMILES string of the molecule is COC(=O)COc1ccc(C(=O)N2CCC(N3CCCC3)C2)cc1OC. The Balaban J connectivity index is 1.64. The molecule has 2 fully saturated rings. The molecule has 7 heteroatoms. The van der Waals surface area contributed by atoms with Crippen LogP contribution in [0.15, 0.2) is 18.2 Å². The lowest BCUT2D eigenvalue weighted by Crippen LogP contribution is -2.37. The van der Waals surface area contributed by atoms with Gasteiger partial charge in [0, 0.05) is 24.7 Å². The van der Waals surface area contributed by atoms with E-state index in [1.165, 1.54) is 27.1 Å². The second-order valence-electron chi connectivity index (χ2n) is 6.67. The maximum Gasteiger partial charge on any atom is 0.343 e. The van der Waals surface area contributed by atoms with Crippen LogP contribution in [0.25, 0.3) is 0 Å². The number of ether oxygens (including phenoxy) is 3. The van der Waals surface area contributed by atoms with Crippen LogP contribution in [0.3, 0.4) is 0 Å². The Morgan fingerprint density at radius 3 is 2.58 bits per heavy atom. The minimum absolute atomic E-state index is 0.00418. The molecule has 7 nitrogen and oxygen atoms in total. The van der Waals surface area contributed by atoms with Gasteiger partial charge >= 0.3 is 5.97 Å². The van der Waals surface area contributed by atoms with Crippen LogP contribution in [0.4, 0.5) is 0 Å². The van der Waals surface area contributed by atoms with Crippen molar-refractivity contribution in [3.8, 4) is 11.5 Å². The van der Waals surface area contributed by atoms with Gasteiger partial charge in [-0.1, -0.05) is 0 Å². The lowest BCUT2D eigenvalue weighted by molar-refractivity contribution is -0.142. The molecule has 0 spiro atoms. The first-order chi connectivity index (χ1) is 12.6. The summed E-state index contributed by atoms with van der Waals surface area (Å²) in [4.78, 5) is 28.5. The average Bonchev–Trinajstić information content (AvgIpc) is 3.36. The van der Waals surface area contributed by atoms with Crippen molar-refractivity contribution in [3.63, 3.8) is 0 Å². The molecule has 3 rings (SSSR count). The van der Waals surface area contributed by atoms with Crippen molar-refractivity contribution in [1.82, 2.24) is 9.80 Å². The standard InChI is InChI=1S/C19H26N2O5/c1-24-17-11-14(5-6-16(17)26-13-18(22)25-2)19(23)21-10-7-15(12-21)20-8-3-4-9-20/h5-6,11,15H,3-4,7-10,12-13H2,1-2H3. The van der Waals surface area contributed by atoms with Crippen LogP contribution in [0.1, 0.15) is 29.6 Å². The summed E-state index contributed by atoms with van der Waals surface area (Å²) in [5.74, 6) is 0.364. The van der Waals surface area contributed by atoms with Gasteiger partial charge in [0.05, 0.1) is 14.2 Å². The van der Waals surface area contributed by atoms with E-state index in [9.17, 15) is 9.59 Å². The molecule has 1 unspecified atom stereocenters. The third kappa shape index (κ3) is 4.09. The zero-order chi connectivity index (χ0) is 18.5. The molecule has 2 saturated heterocycles. The number of hydrogen-bond acceptors (Lipinski definition) is 6. The maximum absolute atomic E-state index is 12.8. The highest BCUT2D eigenvalue weighted by Crippen LogP contribution is 2.29. The van der Waals surface area contributed by atoms with Crippen molar-refractivity contribution < 1.29 is 23.8 Å². The Kier molecular flexibility index (Phi) is 5.98. The zero-order valence-corrected chi connectivity index (χ0v) is 15.4. The number of rotatable bonds is 6. The molecule has 0 radical (unpaired) electrons. The van der Waals surface area contributed by atoms with Crippen LogP contribution in [0, 0.1) is 0 Å². The summed E-state index contributed by atoms with van der Waals surface area (Å²) in [5.41, 5.74) is 0.564. The van der Waals surface area contributed by atoms with E-state index in [-0.39, 0.29) is 12.5 Å². The highest BCUT2D eigenvalue weighted by molar-refractivity contribution is 5.95. The number of methoxy groups -OCH3 is 2. The van der Waals surface area contributed by atoms with Gasteiger partial charge in [-0.2, -0.15) is 0 Å². The van der Waals surface area contributed by atoms with Crippen LogP contribution in [-0.2, 0) is 9.53 Å². The van der Waals surface area contributed by atoms with Crippen LogP contribution in [0.2, 0.25) is 0 Å². The molecule has 26 heavy (non-hydrogen) atoms. The predicted molar refractivity (Wildman–Crippen MR) is 95.6 cm³/mol. The van der Waals surface area contributed by atoms with Crippen molar-refractivity contribution in [3.05, 3.63) is 23.8 Å². The maximum atomic E-state index is 12.8. The molecule has 1 atom stereocenters. The minimum atomic E-state index is -0.475. The first-order valence-corrected chi connectivity index (χ1v) is 9.03.